The van der Waals surface area contributed by atoms with Crippen molar-refractivity contribution >= 4 is 17.7 Å². The topological polar surface area (TPSA) is 119 Å². The Morgan fingerprint density at radius 3 is 1.96 bits per heavy atom. The molecular weight excluding hydrogens is 300 g/mol. The van der Waals surface area contributed by atoms with Crippen LogP contribution in [0.15, 0.2) is 12.7 Å². The number of nitrogens with zero attached hydrogens (tertiary/aromatic N) is 1. The first-order chi connectivity index (χ1) is 9.76. The molecule has 0 spiro atoms. The molecular formula is C16H30N2O5. The van der Waals surface area contributed by atoms with Gasteiger partial charge in [-0.2, -0.15) is 0 Å². The lowest BCUT2D eigenvalue weighted by molar-refractivity contribution is -0.176. The first kappa shape index (κ1) is 23.7. The van der Waals surface area contributed by atoms with E-state index in [1.165, 1.54) is 11.8 Å². The Morgan fingerprint density at radius 1 is 1.17 bits per heavy atom. The molecule has 23 heavy (non-hydrogen) atoms. The lowest BCUT2D eigenvalue weighted by atomic mass is 9.77. The van der Waals surface area contributed by atoms with E-state index in [0.29, 0.717) is 0 Å². The molecule has 0 amide bonds. The second-order valence-corrected chi connectivity index (χ2v) is 6.43. The van der Waals surface area contributed by atoms with Crippen LogP contribution in [0.25, 0.3) is 0 Å². The van der Waals surface area contributed by atoms with Crippen LogP contribution in [0.2, 0.25) is 0 Å². The van der Waals surface area contributed by atoms with Crippen molar-refractivity contribution in [2.75, 3.05) is 7.05 Å². The molecule has 7 heteroatoms. The fourth-order valence-corrected chi connectivity index (χ4v) is 1.96. The van der Waals surface area contributed by atoms with Gasteiger partial charge in [0, 0.05) is 6.42 Å². The molecule has 134 valence electrons. The molecule has 0 fully saturated rings. The maximum absolute atomic E-state index is 12.2. The number of carbonyl (C=O) groups excluding carboxylic acids is 3. The number of likely N-dealkylation sites (N-methyl/N-ethyl adjacent to an activating group) is 1. The normalized spacial score (nSPS) is 14.5. The Hall–Kier alpha value is -1.57. The van der Waals surface area contributed by atoms with Crippen LogP contribution >= 0.6 is 0 Å². The summed E-state index contributed by atoms with van der Waals surface area (Å²) >= 11 is 0. The van der Waals surface area contributed by atoms with Crippen LogP contribution in [0.1, 0.15) is 48.0 Å². The van der Waals surface area contributed by atoms with Crippen LogP contribution in [0, 0.1) is 0 Å². The number of aliphatic hydroxyl groups is 1. The maximum Gasteiger partial charge on any atom is 0.333 e. The molecule has 0 aliphatic carbocycles. The molecule has 0 heterocycles. The van der Waals surface area contributed by atoms with Gasteiger partial charge in [-0.05, 0) is 47.7 Å². The number of rotatable bonds is 7. The van der Waals surface area contributed by atoms with Crippen molar-refractivity contribution in [2.24, 2.45) is 0 Å². The number of ether oxygens (including phenoxy) is 1. The molecule has 4 N–H and O–H groups in total. The Balaban J connectivity index is 0. The average molecular weight is 330 g/mol. The summed E-state index contributed by atoms with van der Waals surface area (Å²) in [6, 6.07) is 0. The van der Waals surface area contributed by atoms with E-state index in [9.17, 15) is 19.5 Å². The summed E-state index contributed by atoms with van der Waals surface area (Å²) < 4.78 is 4.77. The molecule has 0 saturated carbocycles. The molecule has 1 unspecified atom stereocenters. The third kappa shape index (κ3) is 4.46. The standard InChI is InChI=1S/C16H27NO5.H3N/c1-9-11(18)16(7,21)15(5,6)17(8)14(3,4)13(20)22-12(19)10-2;/h9,21H,1,10H2,2-8H3;1H3. The number of hydrogen-bond acceptors (Lipinski definition) is 7. The van der Waals surface area contributed by atoms with Crippen molar-refractivity contribution in [1.82, 2.24) is 11.1 Å². The molecule has 1 atom stereocenters. The zero-order valence-corrected chi connectivity index (χ0v) is 15.2. The second-order valence-electron chi connectivity index (χ2n) is 6.43. The van der Waals surface area contributed by atoms with Crippen LogP contribution in [-0.2, 0) is 19.1 Å². The summed E-state index contributed by atoms with van der Waals surface area (Å²) in [5.41, 5.74) is -4.11. The van der Waals surface area contributed by atoms with Gasteiger partial charge in [-0.25, -0.2) is 4.79 Å². The zero-order valence-electron chi connectivity index (χ0n) is 15.2. The van der Waals surface area contributed by atoms with E-state index in [1.54, 1.807) is 41.7 Å². The van der Waals surface area contributed by atoms with Gasteiger partial charge in [0.2, 0.25) is 0 Å². The first-order valence-corrected chi connectivity index (χ1v) is 7.15. The highest BCUT2D eigenvalue weighted by Crippen LogP contribution is 2.34. The number of ketones is 1. The number of esters is 2. The quantitative estimate of drug-likeness (QED) is 0.413. The first-order valence-electron chi connectivity index (χ1n) is 7.15. The van der Waals surface area contributed by atoms with Gasteiger partial charge in [0.05, 0.1) is 5.54 Å². The molecule has 0 aliphatic heterocycles. The van der Waals surface area contributed by atoms with Gasteiger partial charge in [-0.3, -0.25) is 14.5 Å². The van der Waals surface area contributed by atoms with E-state index in [2.05, 4.69) is 6.58 Å². The third-order valence-electron chi connectivity index (χ3n) is 4.53. The zero-order chi connectivity index (χ0) is 17.9. The van der Waals surface area contributed by atoms with Gasteiger partial charge in [0.15, 0.2) is 5.78 Å². The average Bonchev–Trinajstić information content (AvgIpc) is 2.44. The van der Waals surface area contributed by atoms with Crippen LogP contribution in [0.5, 0.6) is 0 Å². The van der Waals surface area contributed by atoms with E-state index in [0.717, 1.165) is 6.08 Å². The van der Waals surface area contributed by atoms with Gasteiger partial charge < -0.3 is 16.0 Å². The molecule has 7 nitrogen and oxygen atoms in total. The fourth-order valence-electron chi connectivity index (χ4n) is 1.96. The Morgan fingerprint density at radius 2 is 1.61 bits per heavy atom. The van der Waals surface area contributed by atoms with Crippen molar-refractivity contribution in [2.45, 2.75) is 64.6 Å². The lowest BCUT2D eigenvalue weighted by Crippen LogP contribution is -2.68. The Kier molecular flexibility index (Phi) is 8.04. The highest BCUT2D eigenvalue weighted by Gasteiger charge is 2.52. The minimum atomic E-state index is -1.77. The van der Waals surface area contributed by atoms with Crippen LogP contribution in [0.3, 0.4) is 0 Å². The predicted molar refractivity (Wildman–Crippen MR) is 88.2 cm³/mol. The van der Waals surface area contributed by atoms with Crippen molar-refractivity contribution in [3.8, 4) is 0 Å². The molecule has 0 aromatic heterocycles. The highest BCUT2D eigenvalue weighted by molar-refractivity contribution is 5.97. The van der Waals surface area contributed by atoms with Crippen LogP contribution in [0.4, 0.5) is 0 Å². The molecule has 0 radical (unpaired) electrons. The maximum atomic E-state index is 12.2. The Labute approximate surface area is 138 Å². The Bertz CT molecular complexity index is 481. The van der Waals surface area contributed by atoms with E-state index in [-0.39, 0.29) is 12.6 Å². The molecule has 0 rings (SSSR count). The molecule has 0 saturated heterocycles. The van der Waals surface area contributed by atoms with E-state index in [1.807, 2.05) is 0 Å². The predicted octanol–water partition coefficient (Wildman–Crippen LogP) is 1.62. The lowest BCUT2D eigenvalue weighted by Gasteiger charge is -2.50. The summed E-state index contributed by atoms with van der Waals surface area (Å²) in [6.45, 7) is 12.7. The van der Waals surface area contributed by atoms with Gasteiger partial charge >= 0.3 is 11.9 Å². The smallest absolute Gasteiger partial charge is 0.333 e. The third-order valence-corrected chi connectivity index (χ3v) is 4.53. The van der Waals surface area contributed by atoms with Gasteiger partial charge in [0.1, 0.15) is 11.1 Å². The van der Waals surface area contributed by atoms with Crippen molar-refractivity contribution in [1.29, 1.82) is 0 Å². The minimum Gasteiger partial charge on any atom is -0.392 e. The van der Waals surface area contributed by atoms with Gasteiger partial charge in [0.25, 0.3) is 0 Å². The summed E-state index contributed by atoms with van der Waals surface area (Å²) in [7, 11) is 1.59. The number of hydrogen-bond donors (Lipinski definition) is 2. The molecule has 0 bridgehead atoms. The largest absolute Gasteiger partial charge is 0.392 e. The summed E-state index contributed by atoms with van der Waals surface area (Å²) in [5.74, 6) is -1.92. The summed E-state index contributed by atoms with van der Waals surface area (Å²) in [4.78, 5) is 37.0. The summed E-state index contributed by atoms with van der Waals surface area (Å²) in [6.07, 6.45) is 1.13. The van der Waals surface area contributed by atoms with Crippen LogP contribution < -0.4 is 6.15 Å². The minimum absolute atomic E-state index is 0. The van der Waals surface area contributed by atoms with E-state index >= 15 is 0 Å². The second kappa shape index (κ2) is 7.81. The van der Waals surface area contributed by atoms with Crippen molar-refractivity contribution < 1.29 is 24.2 Å². The van der Waals surface area contributed by atoms with Crippen molar-refractivity contribution in [3.05, 3.63) is 12.7 Å². The van der Waals surface area contributed by atoms with Gasteiger partial charge in [-0.15, -0.1) is 0 Å². The van der Waals surface area contributed by atoms with E-state index < -0.39 is 34.4 Å². The van der Waals surface area contributed by atoms with Gasteiger partial charge in [-0.1, -0.05) is 13.5 Å². The molecule has 0 aliphatic rings. The SMILES string of the molecule is C=CC(=O)C(C)(O)C(C)(C)N(C)C(C)(C)C(=O)OC(=O)CC.N. The van der Waals surface area contributed by atoms with E-state index in [4.69, 9.17) is 4.74 Å². The van der Waals surface area contributed by atoms with Crippen molar-refractivity contribution in [3.63, 3.8) is 0 Å². The highest BCUT2D eigenvalue weighted by atomic mass is 16.6. The molecule has 0 aromatic carbocycles. The fraction of sp³-hybridized carbons (Fsp3) is 0.688. The number of carbonyl (C=O) groups is 3. The van der Waals surface area contributed by atoms with Crippen LogP contribution in [-0.4, -0.2) is 51.5 Å². The monoisotopic (exact) mass is 330 g/mol. The summed E-state index contributed by atoms with van der Waals surface area (Å²) in [5, 5.41) is 10.6. The molecule has 0 aromatic rings.